The molecule has 1 heterocycles. The Kier molecular flexibility index (Phi) is 6.48. The molecule has 1 aliphatic rings. The zero-order valence-electron chi connectivity index (χ0n) is 12.8. The van der Waals surface area contributed by atoms with E-state index in [0.717, 1.165) is 48.3 Å². The van der Waals surface area contributed by atoms with Crippen molar-refractivity contribution >= 4 is 15.9 Å². The van der Waals surface area contributed by atoms with E-state index >= 15 is 0 Å². The van der Waals surface area contributed by atoms with Crippen LogP contribution in [-0.2, 0) is 4.74 Å². The summed E-state index contributed by atoms with van der Waals surface area (Å²) in [6, 6.07) is 6.30. The first kappa shape index (κ1) is 16.7. The summed E-state index contributed by atoms with van der Waals surface area (Å²) in [6.45, 7) is 5.47. The second kappa shape index (κ2) is 8.13. The third-order valence-electron chi connectivity index (χ3n) is 4.09. The van der Waals surface area contributed by atoms with Gasteiger partial charge in [0.2, 0.25) is 0 Å². The molecule has 1 unspecified atom stereocenters. The largest absolute Gasteiger partial charge is 0.496 e. The molecule has 4 nitrogen and oxygen atoms in total. The van der Waals surface area contributed by atoms with E-state index in [-0.39, 0.29) is 6.04 Å². The van der Waals surface area contributed by atoms with Crippen molar-refractivity contribution in [1.82, 2.24) is 4.90 Å². The van der Waals surface area contributed by atoms with E-state index in [4.69, 9.17) is 15.2 Å². The molecule has 21 heavy (non-hydrogen) atoms. The maximum atomic E-state index is 6.06. The van der Waals surface area contributed by atoms with Crippen LogP contribution in [0.3, 0.4) is 0 Å². The Labute approximate surface area is 135 Å². The van der Waals surface area contributed by atoms with Crippen LogP contribution in [0.4, 0.5) is 0 Å². The molecule has 1 saturated heterocycles. The summed E-state index contributed by atoms with van der Waals surface area (Å²) in [5.41, 5.74) is 7.22. The second-order valence-electron chi connectivity index (χ2n) is 5.33. The molecule has 118 valence electrons. The Morgan fingerprint density at radius 3 is 2.67 bits per heavy atom. The lowest BCUT2D eigenvalue weighted by molar-refractivity contribution is 0.00430. The van der Waals surface area contributed by atoms with Crippen molar-refractivity contribution in [3.63, 3.8) is 0 Å². The molecule has 0 aliphatic carbocycles. The summed E-state index contributed by atoms with van der Waals surface area (Å²) in [4.78, 5) is 2.44. The molecule has 5 heteroatoms. The average molecular weight is 357 g/mol. The summed E-state index contributed by atoms with van der Waals surface area (Å²) >= 11 is 3.54. The first-order chi connectivity index (χ1) is 10.2. The summed E-state index contributed by atoms with van der Waals surface area (Å²) in [6.07, 6.45) is 2.54. The fraction of sp³-hybridized carbons (Fsp3) is 0.625. The number of hydrogen-bond donors (Lipinski definition) is 1. The predicted octanol–water partition coefficient (Wildman–Crippen LogP) is 2.96. The van der Waals surface area contributed by atoms with Crippen molar-refractivity contribution in [1.29, 1.82) is 0 Å². The van der Waals surface area contributed by atoms with Crippen molar-refractivity contribution in [2.24, 2.45) is 5.73 Å². The first-order valence-corrected chi connectivity index (χ1v) is 8.38. The Balaban J connectivity index is 2.12. The van der Waals surface area contributed by atoms with Gasteiger partial charge in [-0.3, -0.25) is 4.90 Å². The van der Waals surface area contributed by atoms with E-state index in [0.29, 0.717) is 12.6 Å². The standard InChI is InChI=1S/C16H25BrN2O2/c1-3-21-13-6-8-19(9-7-13)15(11-18)14-10-12(17)4-5-16(14)20-2/h4-5,10,13,15H,3,6-9,11,18H2,1-2H3. The van der Waals surface area contributed by atoms with Gasteiger partial charge in [0.15, 0.2) is 0 Å². The van der Waals surface area contributed by atoms with Crippen LogP contribution in [-0.4, -0.2) is 44.4 Å². The van der Waals surface area contributed by atoms with Crippen molar-refractivity contribution in [3.8, 4) is 5.75 Å². The summed E-state index contributed by atoms with van der Waals surface area (Å²) in [5, 5.41) is 0. The SMILES string of the molecule is CCOC1CCN(C(CN)c2cc(Br)ccc2OC)CC1. The minimum atomic E-state index is 0.194. The minimum absolute atomic E-state index is 0.194. The molecule has 1 aromatic rings. The van der Waals surface area contributed by atoms with Crippen molar-refractivity contribution in [2.75, 3.05) is 33.4 Å². The number of methoxy groups -OCH3 is 1. The van der Waals surface area contributed by atoms with Crippen LogP contribution < -0.4 is 10.5 Å². The number of likely N-dealkylation sites (tertiary alicyclic amines) is 1. The van der Waals surface area contributed by atoms with Gasteiger partial charge < -0.3 is 15.2 Å². The molecule has 0 bridgehead atoms. The van der Waals surface area contributed by atoms with Gasteiger partial charge in [-0.1, -0.05) is 15.9 Å². The number of benzene rings is 1. The molecule has 0 spiro atoms. The normalized spacial score (nSPS) is 18.7. The number of hydrogen-bond acceptors (Lipinski definition) is 4. The van der Waals surface area contributed by atoms with E-state index in [1.807, 2.05) is 12.1 Å². The number of ether oxygens (including phenoxy) is 2. The van der Waals surface area contributed by atoms with Gasteiger partial charge >= 0.3 is 0 Å². The van der Waals surface area contributed by atoms with E-state index in [1.54, 1.807) is 7.11 Å². The van der Waals surface area contributed by atoms with Crippen LogP contribution in [0.1, 0.15) is 31.4 Å². The fourth-order valence-electron chi connectivity index (χ4n) is 3.03. The van der Waals surface area contributed by atoms with Gasteiger partial charge in [0.25, 0.3) is 0 Å². The fourth-order valence-corrected chi connectivity index (χ4v) is 3.41. The molecule has 0 aromatic heterocycles. The van der Waals surface area contributed by atoms with Gasteiger partial charge in [0.1, 0.15) is 5.75 Å². The zero-order valence-corrected chi connectivity index (χ0v) is 14.4. The van der Waals surface area contributed by atoms with Gasteiger partial charge in [0.05, 0.1) is 19.3 Å². The number of halogens is 1. The second-order valence-corrected chi connectivity index (χ2v) is 6.24. The van der Waals surface area contributed by atoms with Crippen LogP contribution in [0.25, 0.3) is 0 Å². The molecule has 0 saturated carbocycles. The number of piperidine rings is 1. The van der Waals surface area contributed by atoms with E-state index in [1.165, 1.54) is 0 Å². The number of rotatable bonds is 6. The molecule has 1 aromatic carbocycles. The molecule has 0 radical (unpaired) electrons. The molecular formula is C16H25BrN2O2. The number of nitrogens with two attached hydrogens (primary N) is 1. The lowest BCUT2D eigenvalue weighted by Crippen LogP contribution is -2.42. The van der Waals surface area contributed by atoms with Crippen LogP contribution in [0.2, 0.25) is 0 Å². The highest BCUT2D eigenvalue weighted by Gasteiger charge is 2.27. The first-order valence-electron chi connectivity index (χ1n) is 7.58. The summed E-state index contributed by atoms with van der Waals surface area (Å²) in [5.74, 6) is 0.903. The van der Waals surface area contributed by atoms with Crippen LogP contribution in [0.15, 0.2) is 22.7 Å². The topological polar surface area (TPSA) is 47.7 Å². The van der Waals surface area contributed by atoms with Crippen LogP contribution in [0, 0.1) is 0 Å². The molecule has 1 aliphatic heterocycles. The Bertz CT molecular complexity index is 448. The van der Waals surface area contributed by atoms with Crippen molar-refractivity contribution in [3.05, 3.63) is 28.2 Å². The highest BCUT2D eigenvalue weighted by atomic mass is 79.9. The molecule has 1 atom stereocenters. The van der Waals surface area contributed by atoms with E-state index in [2.05, 4.69) is 33.8 Å². The predicted molar refractivity (Wildman–Crippen MR) is 88.7 cm³/mol. The highest BCUT2D eigenvalue weighted by molar-refractivity contribution is 9.10. The minimum Gasteiger partial charge on any atom is -0.496 e. The third-order valence-corrected chi connectivity index (χ3v) is 4.59. The zero-order chi connectivity index (χ0) is 15.2. The highest BCUT2D eigenvalue weighted by Crippen LogP contribution is 2.33. The van der Waals surface area contributed by atoms with E-state index < -0.39 is 0 Å². The third kappa shape index (κ3) is 4.19. The molecule has 2 N–H and O–H groups in total. The molecule has 1 fully saturated rings. The van der Waals surface area contributed by atoms with Gasteiger partial charge in [-0.2, -0.15) is 0 Å². The maximum Gasteiger partial charge on any atom is 0.123 e. The Morgan fingerprint density at radius 2 is 2.10 bits per heavy atom. The van der Waals surface area contributed by atoms with Crippen molar-refractivity contribution < 1.29 is 9.47 Å². The summed E-state index contributed by atoms with van der Waals surface area (Å²) < 4.78 is 12.3. The lowest BCUT2D eigenvalue weighted by atomic mass is 9.99. The van der Waals surface area contributed by atoms with Gasteiger partial charge in [-0.25, -0.2) is 0 Å². The molecule has 2 rings (SSSR count). The summed E-state index contributed by atoms with van der Waals surface area (Å²) in [7, 11) is 1.71. The lowest BCUT2D eigenvalue weighted by Gasteiger charge is -2.37. The van der Waals surface area contributed by atoms with E-state index in [9.17, 15) is 0 Å². The average Bonchev–Trinajstić information content (AvgIpc) is 2.50. The quantitative estimate of drug-likeness (QED) is 0.851. The van der Waals surface area contributed by atoms with Crippen molar-refractivity contribution in [2.45, 2.75) is 31.9 Å². The molecular weight excluding hydrogens is 332 g/mol. The van der Waals surface area contributed by atoms with Gasteiger partial charge in [-0.15, -0.1) is 0 Å². The number of nitrogens with zero attached hydrogens (tertiary/aromatic N) is 1. The van der Waals surface area contributed by atoms with Crippen LogP contribution in [0.5, 0.6) is 5.75 Å². The Hall–Kier alpha value is -0.620. The molecule has 0 amide bonds. The Morgan fingerprint density at radius 1 is 1.38 bits per heavy atom. The smallest absolute Gasteiger partial charge is 0.123 e. The maximum absolute atomic E-state index is 6.06. The monoisotopic (exact) mass is 356 g/mol. The van der Waals surface area contributed by atoms with Crippen LogP contribution >= 0.6 is 15.9 Å². The van der Waals surface area contributed by atoms with Gasteiger partial charge in [-0.05, 0) is 38.0 Å². The van der Waals surface area contributed by atoms with Gasteiger partial charge in [0, 0.05) is 36.3 Å².